The lowest BCUT2D eigenvalue weighted by atomic mass is 9.83. The lowest BCUT2D eigenvalue weighted by Crippen LogP contribution is -2.52. The van der Waals surface area contributed by atoms with Crippen LogP contribution < -0.4 is 20.3 Å². The smallest absolute Gasteiger partial charge is 0.250 e. The molecule has 1 amide bonds. The van der Waals surface area contributed by atoms with Gasteiger partial charge in [0.2, 0.25) is 12.7 Å². The van der Waals surface area contributed by atoms with Gasteiger partial charge in [-0.15, -0.1) is 0 Å². The zero-order valence-electron chi connectivity index (χ0n) is 16.2. The lowest BCUT2D eigenvalue weighted by Gasteiger charge is -2.43. The van der Waals surface area contributed by atoms with Crippen LogP contribution in [0, 0.1) is 5.92 Å². The number of likely N-dealkylation sites (tertiary alicyclic amines) is 1. The SMILES string of the molecule is O=C(/C=C/c1ccc2c(c1)OCO2)NC(=S)N1C[C@H]2C[C@H](C1)c1cccc(=O)n1C2. The van der Waals surface area contributed by atoms with Crippen LogP contribution in [-0.4, -0.2) is 40.4 Å². The van der Waals surface area contributed by atoms with E-state index in [2.05, 4.69) is 5.32 Å². The summed E-state index contributed by atoms with van der Waals surface area (Å²) in [6.07, 6.45) is 4.22. The van der Waals surface area contributed by atoms with Gasteiger partial charge in [-0.3, -0.25) is 14.9 Å². The predicted molar refractivity (Wildman–Crippen MR) is 115 cm³/mol. The number of pyridine rings is 1. The molecule has 154 valence electrons. The van der Waals surface area contributed by atoms with Crippen molar-refractivity contribution in [1.82, 2.24) is 14.8 Å². The molecule has 2 bridgehead atoms. The van der Waals surface area contributed by atoms with Gasteiger partial charge in [-0.25, -0.2) is 0 Å². The molecule has 4 heterocycles. The first-order valence-corrected chi connectivity index (χ1v) is 10.3. The number of fused-ring (bicyclic) bond motifs is 5. The molecule has 0 spiro atoms. The van der Waals surface area contributed by atoms with Crippen LogP contribution >= 0.6 is 12.2 Å². The van der Waals surface area contributed by atoms with E-state index in [1.165, 1.54) is 6.08 Å². The Bertz CT molecular complexity index is 1110. The zero-order valence-corrected chi connectivity index (χ0v) is 17.1. The van der Waals surface area contributed by atoms with E-state index in [0.717, 1.165) is 24.2 Å². The van der Waals surface area contributed by atoms with E-state index in [-0.39, 0.29) is 24.2 Å². The Labute approximate surface area is 178 Å². The Kier molecular flexibility index (Phi) is 4.78. The van der Waals surface area contributed by atoms with E-state index < -0.39 is 0 Å². The van der Waals surface area contributed by atoms with Crippen molar-refractivity contribution in [2.24, 2.45) is 5.92 Å². The maximum absolute atomic E-state index is 12.4. The maximum Gasteiger partial charge on any atom is 0.250 e. The van der Waals surface area contributed by atoms with Gasteiger partial charge < -0.3 is 18.9 Å². The van der Waals surface area contributed by atoms with Crippen LogP contribution in [0.15, 0.2) is 47.3 Å². The van der Waals surface area contributed by atoms with Gasteiger partial charge in [-0.05, 0) is 54.4 Å². The molecular formula is C22H21N3O4S. The highest BCUT2D eigenvalue weighted by Crippen LogP contribution is 2.35. The highest BCUT2D eigenvalue weighted by atomic mass is 32.1. The molecule has 5 rings (SSSR count). The molecule has 7 nitrogen and oxygen atoms in total. The first kappa shape index (κ1) is 18.9. The summed E-state index contributed by atoms with van der Waals surface area (Å²) in [7, 11) is 0. The van der Waals surface area contributed by atoms with E-state index in [1.54, 1.807) is 12.1 Å². The number of carbonyl (C=O) groups is 1. The molecule has 3 aliphatic heterocycles. The second-order valence-corrected chi connectivity index (χ2v) is 8.23. The van der Waals surface area contributed by atoms with Gasteiger partial charge in [0.15, 0.2) is 16.6 Å². The summed E-state index contributed by atoms with van der Waals surface area (Å²) in [5.74, 6) is 1.69. The molecule has 30 heavy (non-hydrogen) atoms. The molecule has 0 saturated carbocycles. The van der Waals surface area contributed by atoms with Crippen molar-refractivity contribution in [3.8, 4) is 11.5 Å². The number of thiocarbonyl (C=S) groups is 1. The number of nitrogens with zero attached hydrogens (tertiary/aromatic N) is 2. The fourth-order valence-corrected chi connectivity index (χ4v) is 4.73. The number of carbonyl (C=O) groups excluding carboxylic acids is 1. The van der Waals surface area contributed by atoms with E-state index in [9.17, 15) is 9.59 Å². The van der Waals surface area contributed by atoms with Crippen LogP contribution in [0.4, 0.5) is 0 Å². The third kappa shape index (κ3) is 3.59. The number of hydrogen-bond donors (Lipinski definition) is 1. The quantitative estimate of drug-likeness (QED) is 0.589. The fourth-order valence-electron chi connectivity index (χ4n) is 4.48. The average Bonchev–Trinajstić information content (AvgIpc) is 3.21. The van der Waals surface area contributed by atoms with Gasteiger partial charge in [0, 0.05) is 43.4 Å². The fraction of sp³-hybridized carbons (Fsp3) is 0.318. The van der Waals surface area contributed by atoms with Gasteiger partial charge in [-0.2, -0.15) is 0 Å². The second kappa shape index (κ2) is 7.60. The molecule has 1 fully saturated rings. The molecule has 3 aliphatic rings. The monoisotopic (exact) mass is 423 g/mol. The first-order valence-electron chi connectivity index (χ1n) is 9.94. The number of nitrogens with one attached hydrogen (secondary N) is 1. The summed E-state index contributed by atoms with van der Waals surface area (Å²) in [6.45, 7) is 2.35. The van der Waals surface area contributed by atoms with Gasteiger partial charge in [0.05, 0.1) is 0 Å². The van der Waals surface area contributed by atoms with Crippen LogP contribution in [0.3, 0.4) is 0 Å². The van der Waals surface area contributed by atoms with Gasteiger partial charge in [-0.1, -0.05) is 12.1 Å². The molecule has 1 N–H and O–H groups in total. The number of amides is 1. The largest absolute Gasteiger partial charge is 0.454 e. The minimum Gasteiger partial charge on any atom is -0.454 e. The van der Waals surface area contributed by atoms with Gasteiger partial charge in [0.25, 0.3) is 5.56 Å². The molecule has 2 aromatic rings. The topological polar surface area (TPSA) is 72.8 Å². The van der Waals surface area contributed by atoms with Crippen LogP contribution in [0.25, 0.3) is 6.08 Å². The van der Waals surface area contributed by atoms with Crippen molar-refractivity contribution in [2.45, 2.75) is 18.9 Å². The summed E-state index contributed by atoms with van der Waals surface area (Å²) in [6, 6.07) is 11.0. The molecule has 1 aromatic carbocycles. The maximum atomic E-state index is 12.4. The summed E-state index contributed by atoms with van der Waals surface area (Å²) < 4.78 is 12.5. The average molecular weight is 423 g/mol. The minimum atomic E-state index is -0.273. The van der Waals surface area contributed by atoms with Crippen molar-refractivity contribution < 1.29 is 14.3 Å². The molecule has 0 radical (unpaired) electrons. The molecule has 2 atom stereocenters. The highest BCUT2D eigenvalue weighted by Gasteiger charge is 2.35. The number of ether oxygens (including phenoxy) is 2. The van der Waals surface area contributed by atoms with Crippen molar-refractivity contribution in [2.75, 3.05) is 19.9 Å². The van der Waals surface area contributed by atoms with Crippen LogP contribution in [-0.2, 0) is 11.3 Å². The van der Waals surface area contributed by atoms with Crippen molar-refractivity contribution in [1.29, 1.82) is 0 Å². The third-order valence-corrected chi connectivity index (χ3v) is 6.18. The van der Waals surface area contributed by atoms with E-state index in [0.29, 0.717) is 35.6 Å². The van der Waals surface area contributed by atoms with Crippen molar-refractivity contribution in [3.63, 3.8) is 0 Å². The molecular weight excluding hydrogens is 402 g/mol. The Morgan fingerprint density at radius 1 is 1.13 bits per heavy atom. The van der Waals surface area contributed by atoms with E-state index in [1.807, 2.05) is 39.8 Å². The Morgan fingerprint density at radius 2 is 2.00 bits per heavy atom. The predicted octanol–water partition coefficient (Wildman–Crippen LogP) is 2.11. The highest BCUT2D eigenvalue weighted by molar-refractivity contribution is 7.80. The van der Waals surface area contributed by atoms with Gasteiger partial charge in [0.1, 0.15) is 0 Å². The molecule has 0 unspecified atom stereocenters. The summed E-state index contributed by atoms with van der Waals surface area (Å²) in [5, 5.41) is 3.23. The second-order valence-electron chi connectivity index (χ2n) is 7.84. The van der Waals surface area contributed by atoms with Crippen molar-refractivity contribution >= 4 is 29.3 Å². The summed E-state index contributed by atoms with van der Waals surface area (Å²) in [5.41, 5.74) is 1.95. The molecule has 1 aromatic heterocycles. The summed E-state index contributed by atoms with van der Waals surface area (Å²) in [4.78, 5) is 26.6. The summed E-state index contributed by atoms with van der Waals surface area (Å²) >= 11 is 5.50. The van der Waals surface area contributed by atoms with Crippen LogP contribution in [0.1, 0.15) is 23.6 Å². The van der Waals surface area contributed by atoms with Crippen LogP contribution in [0.2, 0.25) is 0 Å². The number of piperidine rings is 1. The Balaban J connectivity index is 1.23. The molecule has 8 heteroatoms. The van der Waals surface area contributed by atoms with E-state index in [4.69, 9.17) is 21.7 Å². The Hall–Kier alpha value is -3.13. The number of aromatic nitrogens is 1. The number of benzene rings is 1. The van der Waals surface area contributed by atoms with Crippen molar-refractivity contribution in [3.05, 3.63) is 64.1 Å². The lowest BCUT2D eigenvalue weighted by molar-refractivity contribution is -0.115. The number of hydrogen-bond acceptors (Lipinski definition) is 5. The number of rotatable bonds is 2. The normalized spacial score (nSPS) is 21.4. The first-order chi connectivity index (χ1) is 14.6. The van der Waals surface area contributed by atoms with Gasteiger partial charge >= 0.3 is 0 Å². The van der Waals surface area contributed by atoms with E-state index >= 15 is 0 Å². The minimum absolute atomic E-state index is 0.0557. The molecule has 1 saturated heterocycles. The zero-order chi connectivity index (χ0) is 20.7. The van der Waals surface area contributed by atoms with Crippen LogP contribution in [0.5, 0.6) is 11.5 Å². The Morgan fingerprint density at radius 3 is 2.90 bits per heavy atom. The third-order valence-electron chi connectivity index (χ3n) is 5.82. The standard InChI is InChI=1S/C22H21N3O4S/c26-20(7-5-14-4-6-18-19(9-14)29-13-28-18)23-22(30)24-10-15-8-16(12-24)17-2-1-3-21(27)25(17)11-15/h1-7,9,15-16H,8,10-13H2,(H,23,26,30)/b7-5+/t15-,16-/m1/s1. The molecule has 0 aliphatic carbocycles.